The predicted molar refractivity (Wildman–Crippen MR) is 86.7 cm³/mol. The molecular formula is C18H29NO2. The summed E-state index contributed by atoms with van der Waals surface area (Å²) in [5, 5.41) is 3.67. The Morgan fingerprint density at radius 3 is 2.43 bits per heavy atom. The van der Waals surface area contributed by atoms with E-state index in [0.717, 1.165) is 39.2 Å². The van der Waals surface area contributed by atoms with Crippen molar-refractivity contribution in [1.29, 1.82) is 0 Å². The largest absolute Gasteiger partial charge is 0.381 e. The molecule has 0 aliphatic carbocycles. The van der Waals surface area contributed by atoms with Crippen LogP contribution in [-0.2, 0) is 14.9 Å². The van der Waals surface area contributed by atoms with Crippen LogP contribution in [0.25, 0.3) is 0 Å². The Hall–Kier alpha value is -0.900. The Labute approximate surface area is 129 Å². The molecule has 3 heteroatoms. The molecule has 1 atom stereocenters. The first-order valence-corrected chi connectivity index (χ1v) is 8.17. The van der Waals surface area contributed by atoms with Crippen molar-refractivity contribution in [2.75, 3.05) is 26.4 Å². The van der Waals surface area contributed by atoms with E-state index in [2.05, 4.69) is 56.4 Å². The molecule has 1 aromatic carbocycles. The summed E-state index contributed by atoms with van der Waals surface area (Å²) in [5.41, 5.74) is 1.52. The Morgan fingerprint density at radius 1 is 1.19 bits per heavy atom. The van der Waals surface area contributed by atoms with Gasteiger partial charge in [0.2, 0.25) is 0 Å². The second-order valence-electron chi connectivity index (χ2n) is 6.13. The van der Waals surface area contributed by atoms with Gasteiger partial charge in [0.25, 0.3) is 0 Å². The lowest BCUT2D eigenvalue weighted by molar-refractivity contribution is -0.00304. The third kappa shape index (κ3) is 4.06. The number of rotatable bonds is 7. The summed E-state index contributed by atoms with van der Waals surface area (Å²) in [6.45, 7) is 9.74. The minimum Gasteiger partial charge on any atom is -0.381 e. The van der Waals surface area contributed by atoms with Crippen molar-refractivity contribution in [3.8, 4) is 0 Å². The summed E-state index contributed by atoms with van der Waals surface area (Å²) < 4.78 is 11.6. The molecule has 0 aromatic heterocycles. The van der Waals surface area contributed by atoms with Crippen LogP contribution in [0.15, 0.2) is 30.3 Å². The van der Waals surface area contributed by atoms with Crippen molar-refractivity contribution in [3.63, 3.8) is 0 Å². The van der Waals surface area contributed by atoms with Gasteiger partial charge in [-0.3, -0.25) is 0 Å². The molecule has 1 N–H and O–H groups in total. The van der Waals surface area contributed by atoms with Gasteiger partial charge >= 0.3 is 0 Å². The van der Waals surface area contributed by atoms with Gasteiger partial charge in [0.15, 0.2) is 0 Å². The molecule has 0 amide bonds. The zero-order valence-corrected chi connectivity index (χ0v) is 13.6. The first kappa shape index (κ1) is 16.5. The number of benzene rings is 1. The third-order valence-electron chi connectivity index (χ3n) is 4.45. The van der Waals surface area contributed by atoms with Crippen molar-refractivity contribution in [2.24, 2.45) is 0 Å². The van der Waals surface area contributed by atoms with Gasteiger partial charge in [-0.2, -0.15) is 0 Å². The fraction of sp³-hybridized carbons (Fsp3) is 0.667. The number of nitrogens with one attached hydrogen (secondary N) is 1. The molecule has 1 aliphatic rings. The highest BCUT2D eigenvalue weighted by atomic mass is 16.5. The summed E-state index contributed by atoms with van der Waals surface area (Å²) in [7, 11) is 0. The second kappa shape index (κ2) is 7.92. The molecule has 0 radical (unpaired) electrons. The van der Waals surface area contributed by atoms with Gasteiger partial charge < -0.3 is 14.8 Å². The van der Waals surface area contributed by atoms with Crippen LogP contribution >= 0.6 is 0 Å². The van der Waals surface area contributed by atoms with Crippen molar-refractivity contribution >= 4 is 0 Å². The first-order chi connectivity index (χ1) is 10.2. The lowest BCUT2D eigenvalue weighted by Gasteiger charge is -2.44. The molecule has 21 heavy (non-hydrogen) atoms. The van der Waals surface area contributed by atoms with Crippen LogP contribution in [0.1, 0.15) is 39.2 Å². The van der Waals surface area contributed by atoms with Crippen LogP contribution in [-0.4, -0.2) is 38.5 Å². The first-order valence-electron chi connectivity index (χ1n) is 8.17. The topological polar surface area (TPSA) is 30.5 Å². The predicted octanol–water partition coefficient (Wildman–Crippen LogP) is 3.14. The Bertz CT molecular complexity index is 399. The highest BCUT2D eigenvalue weighted by Crippen LogP contribution is 2.38. The van der Waals surface area contributed by atoms with Gasteiger partial charge in [0.05, 0.1) is 12.7 Å². The molecular weight excluding hydrogens is 262 g/mol. The molecule has 1 aromatic rings. The molecule has 1 unspecified atom stereocenters. The number of ether oxygens (including phenoxy) is 2. The number of likely N-dealkylation sites (N-methyl/N-ethyl adjacent to an activating group) is 1. The van der Waals surface area contributed by atoms with Gasteiger partial charge in [-0.1, -0.05) is 37.3 Å². The van der Waals surface area contributed by atoms with Crippen molar-refractivity contribution in [2.45, 2.75) is 51.2 Å². The highest BCUT2D eigenvalue weighted by Gasteiger charge is 2.41. The van der Waals surface area contributed by atoms with E-state index in [1.54, 1.807) is 0 Å². The highest BCUT2D eigenvalue weighted by molar-refractivity contribution is 5.28. The van der Waals surface area contributed by atoms with E-state index in [1.807, 2.05) is 0 Å². The zero-order chi connectivity index (χ0) is 15.1. The quantitative estimate of drug-likeness (QED) is 0.837. The van der Waals surface area contributed by atoms with Crippen LogP contribution in [0.3, 0.4) is 0 Å². The molecule has 118 valence electrons. The van der Waals surface area contributed by atoms with Crippen LogP contribution in [0.2, 0.25) is 0 Å². The van der Waals surface area contributed by atoms with Crippen LogP contribution in [0, 0.1) is 0 Å². The van der Waals surface area contributed by atoms with E-state index >= 15 is 0 Å². The van der Waals surface area contributed by atoms with Gasteiger partial charge in [0.1, 0.15) is 0 Å². The van der Waals surface area contributed by atoms with Gasteiger partial charge in [-0.25, -0.2) is 0 Å². The average molecular weight is 291 g/mol. The summed E-state index contributed by atoms with van der Waals surface area (Å²) >= 11 is 0. The Balaban J connectivity index is 2.27. The maximum atomic E-state index is 5.95. The average Bonchev–Trinajstić information content (AvgIpc) is 2.53. The maximum absolute atomic E-state index is 5.95. The molecule has 0 bridgehead atoms. The SMILES string of the molecule is CCNC(COC(C)C)C1(c2ccccc2)CCOCC1. The molecule has 2 rings (SSSR count). The van der Waals surface area contributed by atoms with Crippen LogP contribution in [0.5, 0.6) is 0 Å². The third-order valence-corrected chi connectivity index (χ3v) is 4.45. The molecule has 0 spiro atoms. The van der Waals surface area contributed by atoms with E-state index in [0.29, 0.717) is 6.04 Å². The van der Waals surface area contributed by atoms with E-state index in [-0.39, 0.29) is 11.5 Å². The minimum atomic E-state index is 0.115. The monoisotopic (exact) mass is 291 g/mol. The van der Waals surface area contributed by atoms with Crippen LogP contribution < -0.4 is 5.32 Å². The molecule has 1 fully saturated rings. The molecule has 1 aliphatic heterocycles. The van der Waals surface area contributed by atoms with E-state index < -0.39 is 0 Å². The smallest absolute Gasteiger partial charge is 0.0631 e. The van der Waals surface area contributed by atoms with Gasteiger partial charge in [-0.05, 0) is 38.8 Å². The lowest BCUT2D eigenvalue weighted by atomic mass is 9.69. The summed E-state index contributed by atoms with van der Waals surface area (Å²) in [4.78, 5) is 0. The van der Waals surface area contributed by atoms with E-state index in [1.165, 1.54) is 5.56 Å². The van der Waals surface area contributed by atoms with E-state index in [4.69, 9.17) is 9.47 Å². The van der Waals surface area contributed by atoms with Crippen molar-refractivity contribution in [3.05, 3.63) is 35.9 Å². The zero-order valence-electron chi connectivity index (χ0n) is 13.6. The van der Waals surface area contributed by atoms with E-state index in [9.17, 15) is 0 Å². The van der Waals surface area contributed by atoms with Crippen molar-refractivity contribution < 1.29 is 9.47 Å². The Kier molecular flexibility index (Phi) is 6.22. The van der Waals surface area contributed by atoms with Crippen molar-refractivity contribution in [1.82, 2.24) is 5.32 Å². The second-order valence-corrected chi connectivity index (χ2v) is 6.13. The number of hydrogen-bond donors (Lipinski definition) is 1. The maximum Gasteiger partial charge on any atom is 0.0631 e. The minimum absolute atomic E-state index is 0.115. The summed E-state index contributed by atoms with van der Waals surface area (Å²) in [5.74, 6) is 0. The molecule has 1 saturated heterocycles. The lowest BCUT2D eigenvalue weighted by Crippen LogP contribution is -2.54. The normalized spacial score (nSPS) is 19.6. The standard InChI is InChI=1S/C18H29NO2/c1-4-19-17(14-21-15(2)3)18(10-12-20-13-11-18)16-8-6-5-7-9-16/h5-9,15,17,19H,4,10-14H2,1-3H3. The molecule has 3 nitrogen and oxygen atoms in total. The van der Waals surface area contributed by atoms with Crippen LogP contribution in [0.4, 0.5) is 0 Å². The van der Waals surface area contributed by atoms with Gasteiger partial charge in [0, 0.05) is 24.7 Å². The number of hydrogen-bond acceptors (Lipinski definition) is 3. The summed E-state index contributed by atoms with van der Waals surface area (Å²) in [6.07, 6.45) is 2.37. The Morgan fingerprint density at radius 2 is 1.86 bits per heavy atom. The molecule has 1 heterocycles. The van der Waals surface area contributed by atoms with Gasteiger partial charge in [-0.15, -0.1) is 0 Å². The fourth-order valence-electron chi connectivity index (χ4n) is 3.29. The fourth-order valence-corrected chi connectivity index (χ4v) is 3.29. The molecule has 0 saturated carbocycles. The summed E-state index contributed by atoms with van der Waals surface area (Å²) in [6, 6.07) is 11.2.